The van der Waals surface area contributed by atoms with Crippen LogP contribution in [-0.2, 0) is 0 Å². The minimum atomic E-state index is -0.448. The highest BCUT2D eigenvalue weighted by molar-refractivity contribution is 6.05. The molecule has 0 atom stereocenters. The zero-order chi connectivity index (χ0) is 15.2. The van der Waals surface area contributed by atoms with Crippen molar-refractivity contribution in [3.8, 4) is 17.6 Å². The lowest BCUT2D eigenvalue weighted by Gasteiger charge is -2.08. The van der Waals surface area contributed by atoms with Gasteiger partial charge >= 0.3 is 0 Å². The molecule has 0 aliphatic carbocycles. The number of aryl methyl sites for hydroxylation is 1. The van der Waals surface area contributed by atoms with Gasteiger partial charge in [0.25, 0.3) is 5.91 Å². The van der Waals surface area contributed by atoms with Crippen LogP contribution in [0.5, 0.6) is 5.75 Å². The Morgan fingerprint density at radius 1 is 1.38 bits per heavy atom. The molecular weight excluding hydrogens is 268 g/mol. The average Bonchev–Trinajstić information content (AvgIpc) is 2.48. The van der Waals surface area contributed by atoms with Crippen molar-refractivity contribution in [3.63, 3.8) is 0 Å². The molecule has 0 unspecified atom stereocenters. The molecule has 0 fully saturated rings. The molecule has 2 aromatic rings. The van der Waals surface area contributed by atoms with Crippen molar-refractivity contribution in [1.29, 1.82) is 0 Å². The van der Waals surface area contributed by atoms with Gasteiger partial charge in [0.1, 0.15) is 18.2 Å². The number of anilines is 1. The van der Waals surface area contributed by atoms with E-state index in [1.54, 1.807) is 31.2 Å². The number of benzene rings is 1. The Hall–Kier alpha value is -2.84. The van der Waals surface area contributed by atoms with Crippen molar-refractivity contribution in [3.05, 3.63) is 53.2 Å². The highest BCUT2D eigenvalue weighted by atomic mass is 16.3. The number of para-hydroxylation sites is 1. The number of phenolic OH excluding ortho intramolecular Hbond substituents is 1. The lowest BCUT2D eigenvalue weighted by molar-refractivity contribution is 0.102. The largest absolute Gasteiger partial charge is 0.507 e. The van der Waals surface area contributed by atoms with Crippen LogP contribution in [0.25, 0.3) is 0 Å². The Kier molecular flexibility index (Phi) is 4.54. The number of aliphatic hydroxyl groups is 1. The number of aromatic nitrogens is 1. The number of aromatic hydroxyl groups is 1. The standard InChI is InChI=1S/C16H14N2O3/c1-11-4-2-6-13(15(11)20)16(21)18-14-10-12(5-3-9-19)7-8-17-14/h2,4,6-8,10,19-20H,9H2,1H3,(H,17,18,21). The molecule has 0 bridgehead atoms. The van der Waals surface area contributed by atoms with E-state index in [4.69, 9.17) is 5.11 Å². The first-order chi connectivity index (χ1) is 10.1. The molecule has 21 heavy (non-hydrogen) atoms. The molecule has 0 aliphatic heterocycles. The fraction of sp³-hybridized carbons (Fsp3) is 0.125. The van der Waals surface area contributed by atoms with Gasteiger partial charge in [-0.2, -0.15) is 0 Å². The van der Waals surface area contributed by atoms with Gasteiger partial charge in [0.15, 0.2) is 0 Å². The summed E-state index contributed by atoms with van der Waals surface area (Å²) in [6, 6.07) is 8.21. The van der Waals surface area contributed by atoms with Gasteiger partial charge in [0.2, 0.25) is 0 Å². The van der Waals surface area contributed by atoms with Gasteiger partial charge in [-0.05, 0) is 30.7 Å². The number of rotatable bonds is 2. The Morgan fingerprint density at radius 3 is 2.95 bits per heavy atom. The van der Waals surface area contributed by atoms with Crippen LogP contribution in [0.4, 0.5) is 5.82 Å². The summed E-state index contributed by atoms with van der Waals surface area (Å²) in [5.41, 5.74) is 1.43. The van der Waals surface area contributed by atoms with Gasteiger partial charge in [0, 0.05) is 11.8 Å². The van der Waals surface area contributed by atoms with E-state index in [0.29, 0.717) is 16.9 Å². The maximum atomic E-state index is 12.1. The summed E-state index contributed by atoms with van der Waals surface area (Å²) >= 11 is 0. The maximum absolute atomic E-state index is 12.1. The predicted molar refractivity (Wildman–Crippen MR) is 79.0 cm³/mol. The van der Waals surface area contributed by atoms with Gasteiger partial charge < -0.3 is 15.5 Å². The van der Waals surface area contributed by atoms with E-state index < -0.39 is 5.91 Å². The van der Waals surface area contributed by atoms with Crippen molar-refractivity contribution < 1.29 is 15.0 Å². The molecule has 1 amide bonds. The van der Waals surface area contributed by atoms with Crippen LogP contribution in [-0.4, -0.2) is 27.7 Å². The van der Waals surface area contributed by atoms with Gasteiger partial charge in [-0.15, -0.1) is 0 Å². The Labute approximate surface area is 122 Å². The van der Waals surface area contributed by atoms with E-state index >= 15 is 0 Å². The molecule has 106 valence electrons. The van der Waals surface area contributed by atoms with Gasteiger partial charge in [-0.3, -0.25) is 4.79 Å². The summed E-state index contributed by atoms with van der Waals surface area (Å²) in [5, 5.41) is 21.1. The smallest absolute Gasteiger partial charge is 0.260 e. The fourth-order valence-electron chi connectivity index (χ4n) is 1.74. The van der Waals surface area contributed by atoms with Crippen LogP contribution in [0.3, 0.4) is 0 Å². The minimum absolute atomic E-state index is 0.0498. The number of phenols is 1. The second-order valence-corrected chi connectivity index (χ2v) is 4.31. The van der Waals surface area contributed by atoms with Gasteiger partial charge in [-0.25, -0.2) is 4.98 Å². The Morgan fingerprint density at radius 2 is 2.19 bits per heavy atom. The maximum Gasteiger partial charge on any atom is 0.260 e. The van der Waals surface area contributed by atoms with E-state index in [0.717, 1.165) is 0 Å². The Bertz CT molecular complexity index is 730. The summed E-state index contributed by atoms with van der Waals surface area (Å²) in [4.78, 5) is 16.1. The summed E-state index contributed by atoms with van der Waals surface area (Å²) < 4.78 is 0. The molecule has 0 radical (unpaired) electrons. The number of hydrogen-bond acceptors (Lipinski definition) is 4. The third-order valence-corrected chi connectivity index (χ3v) is 2.80. The normalized spacial score (nSPS) is 9.62. The van der Waals surface area contributed by atoms with Crippen LogP contribution >= 0.6 is 0 Å². The molecule has 1 heterocycles. The fourth-order valence-corrected chi connectivity index (χ4v) is 1.74. The Balaban J connectivity index is 2.22. The van der Waals surface area contributed by atoms with E-state index in [-0.39, 0.29) is 17.9 Å². The van der Waals surface area contributed by atoms with E-state index in [9.17, 15) is 9.90 Å². The first kappa shape index (κ1) is 14.6. The quantitative estimate of drug-likeness (QED) is 0.732. The third kappa shape index (κ3) is 3.59. The van der Waals surface area contributed by atoms with Crippen molar-refractivity contribution >= 4 is 11.7 Å². The van der Waals surface area contributed by atoms with Crippen LogP contribution in [0, 0.1) is 18.8 Å². The summed E-state index contributed by atoms with van der Waals surface area (Å²) in [7, 11) is 0. The van der Waals surface area contributed by atoms with E-state index in [2.05, 4.69) is 22.1 Å². The lowest BCUT2D eigenvalue weighted by atomic mass is 10.1. The van der Waals surface area contributed by atoms with Crippen LogP contribution in [0.15, 0.2) is 36.5 Å². The molecule has 2 rings (SSSR count). The molecule has 5 nitrogen and oxygen atoms in total. The second kappa shape index (κ2) is 6.55. The highest BCUT2D eigenvalue weighted by Gasteiger charge is 2.13. The number of nitrogens with one attached hydrogen (secondary N) is 1. The van der Waals surface area contributed by atoms with Gasteiger partial charge in [0.05, 0.1) is 5.56 Å². The van der Waals surface area contributed by atoms with E-state index in [1.165, 1.54) is 12.3 Å². The molecule has 0 aliphatic rings. The molecule has 0 spiro atoms. The number of amides is 1. The molecule has 5 heteroatoms. The monoisotopic (exact) mass is 282 g/mol. The summed E-state index contributed by atoms with van der Waals surface area (Å²) in [6.45, 7) is 1.48. The minimum Gasteiger partial charge on any atom is -0.507 e. The number of pyridine rings is 1. The number of hydrogen-bond donors (Lipinski definition) is 3. The topological polar surface area (TPSA) is 82.5 Å². The molecule has 3 N–H and O–H groups in total. The molecule has 0 saturated carbocycles. The third-order valence-electron chi connectivity index (χ3n) is 2.80. The van der Waals surface area contributed by atoms with Crippen molar-refractivity contribution in [2.75, 3.05) is 11.9 Å². The van der Waals surface area contributed by atoms with Crippen LogP contribution in [0.1, 0.15) is 21.5 Å². The van der Waals surface area contributed by atoms with Crippen LogP contribution in [0.2, 0.25) is 0 Å². The first-order valence-electron chi connectivity index (χ1n) is 6.27. The summed E-state index contributed by atoms with van der Waals surface area (Å²) in [5.74, 6) is 5.07. The van der Waals surface area contributed by atoms with Crippen LogP contribution < -0.4 is 5.32 Å². The lowest BCUT2D eigenvalue weighted by Crippen LogP contribution is -2.13. The second-order valence-electron chi connectivity index (χ2n) is 4.31. The van der Waals surface area contributed by atoms with Crippen molar-refractivity contribution in [2.45, 2.75) is 6.92 Å². The zero-order valence-electron chi connectivity index (χ0n) is 11.4. The highest BCUT2D eigenvalue weighted by Crippen LogP contribution is 2.22. The zero-order valence-corrected chi connectivity index (χ0v) is 11.4. The van der Waals surface area contributed by atoms with Crippen molar-refractivity contribution in [1.82, 2.24) is 4.98 Å². The predicted octanol–water partition coefficient (Wildman–Crippen LogP) is 1.69. The van der Waals surface area contributed by atoms with Crippen molar-refractivity contribution in [2.24, 2.45) is 0 Å². The first-order valence-corrected chi connectivity index (χ1v) is 6.27. The van der Waals surface area contributed by atoms with E-state index in [1.807, 2.05) is 0 Å². The van der Waals surface area contributed by atoms with Gasteiger partial charge in [-0.1, -0.05) is 24.0 Å². The number of carbonyl (C=O) groups is 1. The summed E-state index contributed by atoms with van der Waals surface area (Å²) in [6.07, 6.45) is 1.51. The molecule has 1 aromatic heterocycles. The number of aliphatic hydroxyl groups excluding tert-OH is 1. The number of nitrogens with zero attached hydrogens (tertiary/aromatic N) is 1. The molecular formula is C16H14N2O3. The molecule has 0 saturated heterocycles. The molecule has 1 aromatic carbocycles. The SMILES string of the molecule is Cc1cccc(C(=O)Nc2cc(C#CCO)ccn2)c1O. The number of carbonyl (C=O) groups excluding carboxylic acids is 1. The average molecular weight is 282 g/mol.